The molecule has 0 radical (unpaired) electrons. The average molecular weight is 668 g/mol. The van der Waals surface area contributed by atoms with Crippen molar-refractivity contribution in [3.8, 4) is 11.1 Å². The maximum atomic E-state index is 6.77. The van der Waals surface area contributed by atoms with Crippen LogP contribution in [0.15, 0.2) is 174 Å². The number of nitrogens with zero attached hydrogens (tertiary/aromatic N) is 1. The molecule has 0 spiro atoms. The molecule has 0 unspecified atom stereocenters. The number of fused-ring (bicyclic) bond motifs is 8. The molecule has 2 nitrogen and oxygen atoms in total. The van der Waals surface area contributed by atoms with E-state index in [9.17, 15) is 0 Å². The molecule has 1 aliphatic rings. The fraction of sp³-hybridized carbons (Fsp3) is 0.0800. The zero-order chi connectivity index (χ0) is 35.0. The molecule has 0 fully saturated rings. The number of hydrogen-bond donors (Lipinski definition) is 0. The van der Waals surface area contributed by atoms with Crippen molar-refractivity contribution in [3.63, 3.8) is 0 Å². The van der Waals surface area contributed by atoms with Crippen LogP contribution in [-0.2, 0) is 5.41 Å². The van der Waals surface area contributed by atoms with Gasteiger partial charge in [0, 0.05) is 21.8 Å². The van der Waals surface area contributed by atoms with Gasteiger partial charge in [0.1, 0.15) is 5.58 Å². The molecule has 0 saturated heterocycles. The molecule has 10 rings (SSSR count). The van der Waals surface area contributed by atoms with E-state index in [1.54, 1.807) is 0 Å². The Labute approximate surface area is 304 Å². The summed E-state index contributed by atoms with van der Waals surface area (Å²) in [6.45, 7) is 6.60. The average Bonchev–Trinajstić information content (AvgIpc) is 3.71. The first-order chi connectivity index (χ1) is 25.5. The van der Waals surface area contributed by atoms with Crippen molar-refractivity contribution in [3.05, 3.63) is 209 Å². The number of benzene rings is 8. The molecule has 0 atom stereocenters. The standard InChI is InChI=1S/C50H37NO/c1-32-25-28-42-43(29-32)50(35-15-6-4-7-16-35,36-17-8-5-9-18-36)44-31-46(38-19-10-11-21-40(38)48(42)44)51(37-27-26-33(2)34(3)30-37)45-23-14-22-41-39-20-12-13-24-47(39)52-49(41)45/h4-31H,1-3H3. The molecule has 248 valence electrons. The molecule has 1 heterocycles. The van der Waals surface area contributed by atoms with Crippen molar-refractivity contribution in [1.29, 1.82) is 0 Å². The third kappa shape index (κ3) is 4.31. The van der Waals surface area contributed by atoms with E-state index in [2.05, 4.69) is 189 Å². The highest BCUT2D eigenvalue weighted by molar-refractivity contribution is 6.14. The number of rotatable bonds is 5. The van der Waals surface area contributed by atoms with E-state index >= 15 is 0 Å². The molecule has 52 heavy (non-hydrogen) atoms. The summed E-state index contributed by atoms with van der Waals surface area (Å²) in [7, 11) is 0. The molecule has 9 aromatic rings. The van der Waals surface area contributed by atoms with Gasteiger partial charge in [0.25, 0.3) is 0 Å². The van der Waals surface area contributed by atoms with Crippen LogP contribution >= 0.6 is 0 Å². The first kappa shape index (κ1) is 30.4. The van der Waals surface area contributed by atoms with Gasteiger partial charge in [-0.25, -0.2) is 0 Å². The van der Waals surface area contributed by atoms with Crippen LogP contribution in [0.1, 0.15) is 38.9 Å². The Balaban J connectivity index is 1.38. The van der Waals surface area contributed by atoms with Crippen LogP contribution in [0.25, 0.3) is 43.8 Å². The minimum Gasteiger partial charge on any atom is -0.454 e. The van der Waals surface area contributed by atoms with E-state index in [0.717, 1.165) is 39.0 Å². The summed E-state index contributed by atoms with van der Waals surface area (Å²) in [6, 6.07) is 62.4. The van der Waals surface area contributed by atoms with E-state index in [4.69, 9.17) is 4.42 Å². The first-order valence-corrected chi connectivity index (χ1v) is 18.1. The Morgan fingerprint density at radius 2 is 1.12 bits per heavy atom. The molecule has 0 amide bonds. The van der Waals surface area contributed by atoms with Crippen LogP contribution in [0.2, 0.25) is 0 Å². The molecule has 0 bridgehead atoms. The zero-order valence-electron chi connectivity index (χ0n) is 29.5. The van der Waals surface area contributed by atoms with Crippen molar-refractivity contribution in [2.45, 2.75) is 26.2 Å². The number of hydrogen-bond acceptors (Lipinski definition) is 2. The van der Waals surface area contributed by atoms with Gasteiger partial charge in [-0.2, -0.15) is 0 Å². The van der Waals surface area contributed by atoms with Gasteiger partial charge in [-0.05, 0) is 101 Å². The fourth-order valence-electron chi connectivity index (χ4n) is 8.80. The normalized spacial score (nSPS) is 13.1. The molecule has 2 heteroatoms. The summed E-state index contributed by atoms with van der Waals surface area (Å²) in [6.07, 6.45) is 0. The summed E-state index contributed by atoms with van der Waals surface area (Å²) in [5.74, 6) is 0. The molecule has 1 aromatic heterocycles. The van der Waals surface area contributed by atoms with Gasteiger partial charge in [-0.1, -0.05) is 145 Å². The lowest BCUT2D eigenvalue weighted by Crippen LogP contribution is -2.29. The number of para-hydroxylation sites is 2. The monoisotopic (exact) mass is 667 g/mol. The Kier molecular flexibility index (Phi) is 6.78. The van der Waals surface area contributed by atoms with Crippen LogP contribution in [0, 0.1) is 20.8 Å². The molecular weight excluding hydrogens is 631 g/mol. The molecule has 0 saturated carbocycles. The van der Waals surface area contributed by atoms with Gasteiger partial charge >= 0.3 is 0 Å². The lowest BCUT2D eigenvalue weighted by atomic mass is 9.67. The van der Waals surface area contributed by atoms with Crippen LogP contribution in [0.5, 0.6) is 0 Å². The second kappa shape index (κ2) is 11.6. The van der Waals surface area contributed by atoms with Crippen molar-refractivity contribution < 1.29 is 4.42 Å². The predicted molar refractivity (Wildman–Crippen MR) is 217 cm³/mol. The SMILES string of the molecule is Cc1ccc2c(c1)C(c1ccccc1)(c1ccccc1)c1cc(N(c3ccc(C)c(C)c3)c3cccc4c3oc3ccccc34)c3ccccc3c1-2. The van der Waals surface area contributed by atoms with Gasteiger partial charge in [0.2, 0.25) is 0 Å². The van der Waals surface area contributed by atoms with Crippen LogP contribution in [0.4, 0.5) is 17.1 Å². The van der Waals surface area contributed by atoms with Crippen molar-refractivity contribution in [2.24, 2.45) is 0 Å². The van der Waals surface area contributed by atoms with E-state index in [1.165, 1.54) is 60.8 Å². The summed E-state index contributed by atoms with van der Waals surface area (Å²) in [5.41, 5.74) is 15.9. The van der Waals surface area contributed by atoms with E-state index in [-0.39, 0.29) is 0 Å². The third-order valence-corrected chi connectivity index (χ3v) is 11.3. The molecule has 0 N–H and O–H groups in total. The van der Waals surface area contributed by atoms with Crippen LogP contribution in [-0.4, -0.2) is 0 Å². The van der Waals surface area contributed by atoms with Crippen LogP contribution < -0.4 is 4.90 Å². The smallest absolute Gasteiger partial charge is 0.159 e. The van der Waals surface area contributed by atoms with Gasteiger partial charge < -0.3 is 9.32 Å². The Morgan fingerprint density at radius 3 is 1.85 bits per heavy atom. The van der Waals surface area contributed by atoms with Crippen molar-refractivity contribution in [1.82, 2.24) is 0 Å². The molecule has 1 aliphatic carbocycles. The quantitative estimate of drug-likeness (QED) is 0.182. The maximum Gasteiger partial charge on any atom is 0.159 e. The lowest BCUT2D eigenvalue weighted by molar-refractivity contribution is 0.669. The minimum atomic E-state index is -0.543. The van der Waals surface area contributed by atoms with E-state index < -0.39 is 5.41 Å². The van der Waals surface area contributed by atoms with Crippen LogP contribution in [0.3, 0.4) is 0 Å². The van der Waals surface area contributed by atoms with Gasteiger partial charge in [-0.15, -0.1) is 0 Å². The second-order valence-electron chi connectivity index (χ2n) is 14.3. The largest absolute Gasteiger partial charge is 0.454 e. The number of aryl methyl sites for hydroxylation is 3. The number of furan rings is 1. The molecule has 8 aromatic carbocycles. The Bertz CT molecular complexity index is 2790. The topological polar surface area (TPSA) is 16.4 Å². The predicted octanol–water partition coefficient (Wildman–Crippen LogP) is 13.5. The Morgan fingerprint density at radius 1 is 0.462 bits per heavy atom. The highest BCUT2D eigenvalue weighted by Gasteiger charge is 2.47. The summed E-state index contributed by atoms with van der Waals surface area (Å²) in [4.78, 5) is 2.44. The molecular formula is C50H37NO. The summed E-state index contributed by atoms with van der Waals surface area (Å²) < 4.78 is 6.77. The Hall–Kier alpha value is -6.38. The highest BCUT2D eigenvalue weighted by Crippen LogP contribution is 2.60. The zero-order valence-corrected chi connectivity index (χ0v) is 29.5. The minimum absolute atomic E-state index is 0.543. The van der Waals surface area contributed by atoms with E-state index in [0.29, 0.717) is 0 Å². The van der Waals surface area contributed by atoms with Gasteiger partial charge in [0.15, 0.2) is 5.58 Å². The van der Waals surface area contributed by atoms with Gasteiger partial charge in [0.05, 0.1) is 16.8 Å². The van der Waals surface area contributed by atoms with E-state index in [1.807, 2.05) is 6.07 Å². The highest BCUT2D eigenvalue weighted by atomic mass is 16.3. The fourth-order valence-corrected chi connectivity index (χ4v) is 8.80. The first-order valence-electron chi connectivity index (χ1n) is 18.1. The summed E-state index contributed by atoms with van der Waals surface area (Å²) >= 11 is 0. The maximum absolute atomic E-state index is 6.77. The second-order valence-corrected chi connectivity index (χ2v) is 14.3. The lowest BCUT2D eigenvalue weighted by Gasteiger charge is -2.35. The third-order valence-electron chi connectivity index (χ3n) is 11.3. The number of anilines is 3. The van der Waals surface area contributed by atoms with Crippen molar-refractivity contribution in [2.75, 3.05) is 4.90 Å². The van der Waals surface area contributed by atoms with Gasteiger partial charge in [-0.3, -0.25) is 0 Å². The molecule has 0 aliphatic heterocycles. The van der Waals surface area contributed by atoms with Crippen molar-refractivity contribution >= 4 is 49.8 Å². The summed E-state index contributed by atoms with van der Waals surface area (Å²) in [5, 5.41) is 4.66.